The number of nitrogens with two attached hydrogens (primary N) is 1. The maximum absolute atomic E-state index is 10.2. The Hall–Kier alpha value is -0.0000000000000000555. The Morgan fingerprint density at radius 1 is 1.50 bits per heavy atom. The Bertz CT molecular complexity index is 125. The van der Waals surface area contributed by atoms with Crippen molar-refractivity contribution in [2.45, 2.75) is 26.2 Å². The highest BCUT2D eigenvalue weighted by molar-refractivity contribution is 7.46. The van der Waals surface area contributed by atoms with Crippen LogP contribution in [-0.2, 0) is 9.29 Å². The number of hydrogen-bond donors (Lipinski definition) is 3. The molecule has 4 N–H and O–H groups in total. The first-order valence-corrected chi connectivity index (χ1v) is 5.07. The van der Waals surface area contributed by atoms with Crippen molar-refractivity contribution in [2.24, 2.45) is 5.73 Å². The molecule has 7 heteroatoms. The molecule has 0 aromatic rings. The van der Waals surface area contributed by atoms with Crippen molar-refractivity contribution >= 4 is 7.82 Å². The second-order valence-corrected chi connectivity index (χ2v) is 3.17. The van der Waals surface area contributed by atoms with Crippen LogP contribution in [0.1, 0.15) is 26.2 Å². The number of phosphoric acid groups is 1. The summed E-state index contributed by atoms with van der Waals surface area (Å²) in [6.07, 6.45) is 3.75. The third-order valence-corrected chi connectivity index (χ3v) is 1.08. The summed E-state index contributed by atoms with van der Waals surface area (Å²) in [7, 11) is -4.81. The molecule has 0 aromatic carbocycles. The molecule has 0 aromatic heterocycles. The molecule has 0 amide bonds. The van der Waals surface area contributed by atoms with Gasteiger partial charge in [-0.15, -0.1) is 0 Å². The van der Waals surface area contributed by atoms with Gasteiger partial charge < -0.3 is 15.5 Å². The summed E-state index contributed by atoms with van der Waals surface area (Å²) in [6, 6.07) is 0. The number of hydrogen-bond acceptors (Lipinski definition) is 3. The molecule has 5 nitrogen and oxygen atoms in total. The fraction of sp³-hybridized carbons (Fsp3) is 1.00. The zero-order valence-electron chi connectivity index (χ0n) is 6.94. The predicted molar refractivity (Wildman–Crippen MR) is 42.8 cm³/mol. The van der Waals surface area contributed by atoms with Crippen LogP contribution in [0.15, 0.2) is 0 Å². The Labute approximate surface area is 70.9 Å². The molecule has 0 bridgehead atoms. The Kier molecular flexibility index (Phi) is 11.0. The van der Waals surface area contributed by atoms with E-state index in [2.05, 4.69) is 11.7 Å². The fourth-order valence-electron chi connectivity index (χ4n) is 0.394. The Balaban J connectivity index is 0. The second kappa shape index (κ2) is 9.09. The molecule has 0 spiro atoms. The molecule has 0 saturated heterocycles. The van der Waals surface area contributed by atoms with Crippen LogP contribution in [0.2, 0.25) is 0 Å². The summed E-state index contributed by atoms with van der Waals surface area (Å²) in [5.74, 6) is 0. The molecule has 0 atom stereocenters. The van der Waals surface area contributed by atoms with E-state index in [1.807, 2.05) is 0 Å². The minimum Gasteiger partial charge on any atom is -0.330 e. The zero-order chi connectivity index (χ0) is 10.0. The average Bonchev–Trinajstić information content (AvgIpc) is 2.01. The first-order chi connectivity index (χ1) is 5.47. The van der Waals surface area contributed by atoms with Gasteiger partial charge in [-0.2, -0.15) is 0 Å². The van der Waals surface area contributed by atoms with E-state index in [-0.39, 0.29) is 0 Å². The molecule has 76 valence electrons. The minimum atomic E-state index is -4.81. The van der Waals surface area contributed by atoms with E-state index in [9.17, 15) is 4.53 Å². The highest BCUT2D eigenvalue weighted by atomic mass is 31.2. The third kappa shape index (κ3) is 22.5. The van der Waals surface area contributed by atoms with Crippen molar-refractivity contribution in [1.82, 2.24) is 0 Å². The highest BCUT2D eigenvalue weighted by Gasteiger charge is 2.12. The van der Waals surface area contributed by atoms with E-state index in [1.54, 1.807) is 0 Å². The lowest BCUT2D eigenvalue weighted by molar-refractivity contribution is -0.0389. The van der Waals surface area contributed by atoms with E-state index >= 15 is 0 Å². The smallest absolute Gasteiger partial charge is 0.330 e. The molecule has 0 rings (SSSR count). The topological polar surface area (TPSA) is 92.8 Å². The van der Waals surface area contributed by atoms with Gasteiger partial charge in [0.2, 0.25) is 0 Å². The van der Waals surface area contributed by atoms with Gasteiger partial charge in [0, 0.05) is 0 Å². The van der Waals surface area contributed by atoms with Gasteiger partial charge in [0.1, 0.15) is 0 Å². The predicted octanol–water partition coefficient (Wildman–Crippen LogP) is 1.12. The number of unbranched alkanes of at least 4 members (excludes halogenated alkanes) is 2. The van der Waals surface area contributed by atoms with Crippen molar-refractivity contribution in [3.8, 4) is 0 Å². The van der Waals surface area contributed by atoms with Crippen molar-refractivity contribution in [2.75, 3.05) is 6.54 Å². The lowest BCUT2D eigenvalue weighted by Gasteiger charge is -1.87. The second-order valence-electron chi connectivity index (χ2n) is 2.06. The molecule has 0 aliphatic rings. The molecule has 0 saturated carbocycles. The van der Waals surface area contributed by atoms with Gasteiger partial charge in [-0.1, -0.05) is 24.5 Å². The first-order valence-electron chi connectivity index (χ1n) is 3.53. The maximum Gasteiger partial charge on any atom is 0.500 e. The van der Waals surface area contributed by atoms with Gasteiger partial charge in [-0.25, -0.2) is 4.57 Å². The standard InChI is InChI=1S/C5H13N.FH2O4P/c1-2-3-4-5-6;1-5-6(2,3)4/h2-6H2,1H3;(H2,2,3,4). The van der Waals surface area contributed by atoms with Gasteiger partial charge in [0.15, 0.2) is 0 Å². The van der Waals surface area contributed by atoms with Crippen molar-refractivity contribution in [3.05, 3.63) is 0 Å². The van der Waals surface area contributed by atoms with E-state index in [1.165, 1.54) is 19.3 Å². The minimum absolute atomic E-state index is 0.855. The van der Waals surface area contributed by atoms with Gasteiger partial charge in [-0.05, 0) is 17.5 Å². The van der Waals surface area contributed by atoms with E-state index in [0.29, 0.717) is 0 Å². The monoisotopic (exact) mass is 203 g/mol. The molecule has 0 radical (unpaired) electrons. The van der Waals surface area contributed by atoms with Crippen LogP contribution < -0.4 is 5.73 Å². The summed E-state index contributed by atoms with van der Waals surface area (Å²) in [6.45, 7) is 3.03. The summed E-state index contributed by atoms with van der Waals surface area (Å²) in [5.41, 5.74) is 5.21. The molecule has 0 heterocycles. The molecule has 0 unspecified atom stereocenters. The third-order valence-electron chi connectivity index (χ3n) is 0.898. The Morgan fingerprint density at radius 2 is 1.92 bits per heavy atom. The first kappa shape index (κ1) is 14.5. The van der Waals surface area contributed by atoms with Crippen LogP contribution in [0.25, 0.3) is 0 Å². The van der Waals surface area contributed by atoms with Crippen molar-refractivity contribution in [3.63, 3.8) is 0 Å². The quantitative estimate of drug-likeness (QED) is 0.470. The van der Waals surface area contributed by atoms with Gasteiger partial charge in [-0.3, -0.25) is 0 Å². The lowest BCUT2D eigenvalue weighted by Crippen LogP contribution is -1.96. The SMILES string of the molecule is CCCCCN.O=P(O)(O)OF. The van der Waals surface area contributed by atoms with Crippen LogP contribution in [0.5, 0.6) is 0 Å². The Morgan fingerprint density at radius 3 is 2.00 bits per heavy atom. The zero-order valence-corrected chi connectivity index (χ0v) is 7.84. The van der Waals surface area contributed by atoms with Crippen LogP contribution in [-0.4, -0.2) is 16.3 Å². The molecule has 0 aliphatic heterocycles. The molecule has 12 heavy (non-hydrogen) atoms. The normalized spacial score (nSPS) is 10.4. The molecular formula is C5H15FNO4P. The van der Waals surface area contributed by atoms with Gasteiger partial charge >= 0.3 is 7.82 Å². The van der Waals surface area contributed by atoms with Crippen molar-refractivity contribution in [1.29, 1.82) is 0 Å². The molecular weight excluding hydrogens is 188 g/mol. The van der Waals surface area contributed by atoms with Gasteiger partial charge in [0.25, 0.3) is 0 Å². The van der Waals surface area contributed by atoms with E-state index < -0.39 is 7.82 Å². The van der Waals surface area contributed by atoms with Crippen LogP contribution >= 0.6 is 7.82 Å². The van der Waals surface area contributed by atoms with Crippen LogP contribution in [0, 0.1) is 0 Å². The molecule has 0 fully saturated rings. The highest BCUT2D eigenvalue weighted by Crippen LogP contribution is 2.35. The number of halogens is 1. The summed E-state index contributed by atoms with van der Waals surface area (Å²) in [4.78, 5) is 14.7. The number of rotatable bonds is 4. The van der Waals surface area contributed by atoms with Gasteiger partial charge in [0.05, 0.1) is 0 Å². The summed E-state index contributed by atoms with van der Waals surface area (Å²) >= 11 is 0. The van der Waals surface area contributed by atoms with E-state index in [4.69, 9.17) is 20.1 Å². The maximum atomic E-state index is 10.2. The van der Waals surface area contributed by atoms with Crippen LogP contribution in [0.4, 0.5) is 4.53 Å². The van der Waals surface area contributed by atoms with E-state index in [0.717, 1.165) is 6.54 Å². The lowest BCUT2D eigenvalue weighted by atomic mass is 10.3. The largest absolute Gasteiger partial charge is 0.500 e. The van der Waals surface area contributed by atoms with Crippen LogP contribution in [0.3, 0.4) is 0 Å². The summed E-state index contributed by atoms with van der Waals surface area (Å²) in [5, 5.41) is 0. The van der Waals surface area contributed by atoms with Crippen molar-refractivity contribution < 1.29 is 23.6 Å². The summed E-state index contributed by atoms with van der Waals surface area (Å²) < 4.78 is 21.4. The molecule has 0 aliphatic carbocycles. The fourth-order valence-corrected chi connectivity index (χ4v) is 0.394. The average molecular weight is 203 g/mol.